The van der Waals surface area contributed by atoms with Gasteiger partial charge in [0, 0.05) is 0 Å². The molecule has 1 saturated heterocycles. The third-order valence-electron chi connectivity index (χ3n) is 6.83. The number of nitriles is 1. The molecule has 2 aromatic heterocycles. The number of phosphoric acid groups is 1. The van der Waals surface area contributed by atoms with Gasteiger partial charge in [0.15, 0.2) is 5.82 Å². The molecule has 4 N–H and O–H groups in total. The van der Waals surface area contributed by atoms with Crippen LogP contribution in [0.5, 0.6) is 5.75 Å². The van der Waals surface area contributed by atoms with Crippen molar-refractivity contribution >= 4 is 25.1 Å². The van der Waals surface area contributed by atoms with Crippen molar-refractivity contribution < 1.29 is 42.6 Å². The molecular weight excluding hydrogens is 581 g/mol. The largest absolute Gasteiger partial charge is 0.533 e. The average Bonchev–Trinajstić information content (AvgIpc) is 3.47. The highest BCUT2D eigenvalue weighted by Crippen LogP contribution is 2.51. The van der Waals surface area contributed by atoms with Crippen LogP contribution in [0.1, 0.15) is 52.8 Å². The second-order valence-electron chi connectivity index (χ2n) is 12.1. The third-order valence-corrected chi connectivity index (χ3v) is 8.16. The van der Waals surface area contributed by atoms with Gasteiger partial charge in [-0.15, -0.1) is 0 Å². The van der Waals surface area contributed by atoms with Crippen molar-refractivity contribution in [3.05, 3.63) is 54.0 Å². The summed E-state index contributed by atoms with van der Waals surface area (Å²) in [6.07, 6.45) is -3.64. The number of rotatable bonds is 9. The van der Waals surface area contributed by atoms with Crippen molar-refractivity contribution in [3.8, 4) is 11.8 Å². The van der Waals surface area contributed by atoms with E-state index in [0.29, 0.717) is 5.52 Å². The van der Waals surface area contributed by atoms with Crippen LogP contribution in [-0.4, -0.2) is 62.5 Å². The maximum absolute atomic E-state index is 13.8. The highest BCUT2D eigenvalue weighted by molar-refractivity contribution is 7.48. The molecule has 0 spiro atoms. The molecule has 1 aromatic carbocycles. The molecular formula is C28H36N5O9P. The summed E-state index contributed by atoms with van der Waals surface area (Å²) >= 11 is 0. The van der Waals surface area contributed by atoms with Gasteiger partial charge in [-0.25, -0.2) is 18.6 Å². The number of benzene rings is 1. The first-order chi connectivity index (χ1) is 20.0. The third kappa shape index (κ3) is 6.67. The number of phosphoric ester groups is 1. The summed E-state index contributed by atoms with van der Waals surface area (Å²) in [5.41, 5.74) is 4.22. The SMILES string of the molecule is CC(C)(C)C(=O)OCOP(=O)(OC[C@H]1O[C@@](C#N)(c2ccc3c(N)ncnn23)[C@H](O)[C@@H]1O)Oc1ccc(C(C)(C)C)cc1. The second kappa shape index (κ2) is 11.8. The fraction of sp³-hybridized carbons (Fsp3) is 0.500. The Bertz CT molecular complexity index is 1560. The number of ether oxygens (including phenoxy) is 2. The Labute approximate surface area is 248 Å². The predicted molar refractivity (Wildman–Crippen MR) is 152 cm³/mol. The molecule has 43 heavy (non-hydrogen) atoms. The lowest BCUT2D eigenvalue weighted by atomic mass is 9.87. The van der Waals surface area contributed by atoms with Gasteiger partial charge in [0.25, 0.3) is 0 Å². The van der Waals surface area contributed by atoms with Gasteiger partial charge < -0.3 is 29.9 Å². The fourth-order valence-electron chi connectivity index (χ4n) is 4.31. The molecule has 0 radical (unpaired) electrons. The molecule has 0 amide bonds. The zero-order valence-electron chi connectivity index (χ0n) is 24.8. The van der Waals surface area contributed by atoms with E-state index >= 15 is 0 Å². The minimum absolute atomic E-state index is 0.0804. The lowest BCUT2D eigenvalue weighted by Crippen LogP contribution is -2.41. The molecule has 232 valence electrons. The molecule has 3 aromatic rings. The van der Waals surface area contributed by atoms with Crippen LogP contribution in [0.15, 0.2) is 42.7 Å². The normalized spacial score (nSPS) is 23.9. The predicted octanol–water partition coefficient (Wildman–Crippen LogP) is 3.22. The maximum atomic E-state index is 13.8. The molecule has 5 atom stereocenters. The molecule has 0 saturated carbocycles. The Morgan fingerprint density at radius 3 is 2.42 bits per heavy atom. The standard InChI is InChI=1S/C28H36N5O9P/c1-26(2,3)17-7-9-18(10-8-17)42-43(37,40-16-38-25(36)27(4,5)6)39-13-20-22(34)23(35)28(14-29,41-20)21-12-11-19-24(30)31-15-32-33(19)21/h7-12,15,20,22-23,34-35H,13,16H2,1-6H3,(H2,30,31,32)/t20-,22-,23-,28+,43?/m1/s1. The highest BCUT2D eigenvalue weighted by atomic mass is 31.2. The summed E-state index contributed by atoms with van der Waals surface area (Å²) in [5, 5.41) is 36.1. The van der Waals surface area contributed by atoms with Gasteiger partial charge in [-0.2, -0.15) is 10.4 Å². The molecule has 15 heteroatoms. The van der Waals surface area contributed by atoms with Crippen LogP contribution in [0.25, 0.3) is 5.52 Å². The van der Waals surface area contributed by atoms with Gasteiger partial charge in [-0.3, -0.25) is 9.32 Å². The molecule has 4 rings (SSSR count). The molecule has 1 aliphatic rings. The number of aromatic nitrogens is 3. The Morgan fingerprint density at radius 2 is 1.81 bits per heavy atom. The number of nitrogens with two attached hydrogens (primary N) is 1. The number of carbonyl (C=O) groups excluding carboxylic acids is 1. The number of nitrogens with zero attached hydrogens (tertiary/aromatic N) is 4. The fourth-order valence-corrected chi connectivity index (χ4v) is 5.38. The summed E-state index contributed by atoms with van der Waals surface area (Å²) in [4.78, 5) is 16.1. The van der Waals surface area contributed by atoms with Crippen LogP contribution in [0.2, 0.25) is 0 Å². The first-order valence-corrected chi connectivity index (χ1v) is 14.9. The number of esters is 1. The van der Waals surface area contributed by atoms with Crippen molar-refractivity contribution in [2.75, 3.05) is 19.1 Å². The quantitative estimate of drug-likeness (QED) is 0.180. The van der Waals surface area contributed by atoms with Crippen molar-refractivity contribution in [2.24, 2.45) is 5.41 Å². The highest BCUT2D eigenvalue weighted by Gasteiger charge is 2.58. The van der Waals surface area contributed by atoms with Gasteiger partial charge in [0.2, 0.25) is 12.4 Å². The Morgan fingerprint density at radius 1 is 1.14 bits per heavy atom. The van der Waals surface area contributed by atoms with E-state index in [1.165, 1.54) is 23.0 Å². The van der Waals surface area contributed by atoms with Crippen LogP contribution in [0.3, 0.4) is 0 Å². The Balaban J connectivity index is 1.56. The lowest BCUT2D eigenvalue weighted by molar-refractivity contribution is -0.160. The van der Waals surface area contributed by atoms with E-state index in [1.54, 1.807) is 45.0 Å². The molecule has 1 fully saturated rings. The monoisotopic (exact) mass is 617 g/mol. The Hall–Kier alpha value is -3.57. The van der Waals surface area contributed by atoms with Crippen molar-refractivity contribution in [1.29, 1.82) is 5.26 Å². The Kier molecular flexibility index (Phi) is 8.91. The van der Waals surface area contributed by atoms with Crippen LogP contribution in [0.4, 0.5) is 5.82 Å². The first kappa shape index (κ1) is 32.3. The number of carbonyl (C=O) groups is 1. The summed E-state index contributed by atoms with van der Waals surface area (Å²) in [6.45, 7) is 9.60. The summed E-state index contributed by atoms with van der Waals surface area (Å²) in [7, 11) is -4.54. The number of aliphatic hydroxyl groups is 2. The smallest absolute Gasteiger partial charge is 0.437 e. The lowest BCUT2D eigenvalue weighted by Gasteiger charge is -2.24. The molecule has 1 aliphatic heterocycles. The van der Waals surface area contributed by atoms with E-state index < -0.39 is 56.5 Å². The molecule has 3 heterocycles. The number of aliphatic hydroxyl groups excluding tert-OH is 2. The van der Waals surface area contributed by atoms with Crippen LogP contribution in [-0.2, 0) is 38.9 Å². The van der Waals surface area contributed by atoms with E-state index in [9.17, 15) is 24.8 Å². The zero-order chi connectivity index (χ0) is 31.8. The molecule has 0 aliphatic carbocycles. The average molecular weight is 618 g/mol. The number of nitrogen functional groups attached to an aromatic ring is 1. The summed E-state index contributed by atoms with van der Waals surface area (Å²) in [5.74, 6) is -0.358. The minimum Gasteiger partial charge on any atom is -0.437 e. The minimum atomic E-state index is -4.54. The van der Waals surface area contributed by atoms with Crippen LogP contribution in [0, 0.1) is 16.7 Å². The number of hydrogen-bond donors (Lipinski definition) is 3. The van der Waals surface area contributed by atoms with Crippen molar-refractivity contribution in [2.45, 2.75) is 70.9 Å². The van der Waals surface area contributed by atoms with Crippen molar-refractivity contribution in [3.63, 3.8) is 0 Å². The van der Waals surface area contributed by atoms with Gasteiger partial charge in [0.05, 0.1) is 17.7 Å². The number of anilines is 1. The van der Waals surface area contributed by atoms with E-state index in [4.69, 9.17) is 28.8 Å². The van der Waals surface area contributed by atoms with Gasteiger partial charge in [-0.1, -0.05) is 32.9 Å². The van der Waals surface area contributed by atoms with E-state index in [0.717, 1.165) is 5.56 Å². The van der Waals surface area contributed by atoms with E-state index in [-0.39, 0.29) is 22.7 Å². The van der Waals surface area contributed by atoms with Crippen LogP contribution >= 0.6 is 7.82 Å². The maximum Gasteiger partial charge on any atom is 0.533 e. The van der Waals surface area contributed by atoms with E-state index in [2.05, 4.69) is 10.1 Å². The summed E-state index contributed by atoms with van der Waals surface area (Å²) in [6, 6.07) is 11.7. The van der Waals surface area contributed by atoms with Gasteiger partial charge in [-0.05, 0) is 56.0 Å². The second-order valence-corrected chi connectivity index (χ2v) is 13.7. The molecule has 0 bridgehead atoms. The molecule has 1 unspecified atom stereocenters. The first-order valence-electron chi connectivity index (χ1n) is 13.4. The number of hydrogen-bond acceptors (Lipinski definition) is 13. The molecule has 14 nitrogen and oxygen atoms in total. The van der Waals surface area contributed by atoms with Crippen molar-refractivity contribution in [1.82, 2.24) is 14.6 Å². The topological polar surface area (TPSA) is 201 Å². The van der Waals surface area contributed by atoms with Gasteiger partial charge >= 0.3 is 13.8 Å². The summed E-state index contributed by atoms with van der Waals surface area (Å²) < 4.78 is 42.4. The zero-order valence-corrected chi connectivity index (χ0v) is 25.6. The van der Waals surface area contributed by atoms with Gasteiger partial charge in [0.1, 0.15) is 42.0 Å². The number of fused-ring (bicyclic) bond motifs is 1. The van der Waals surface area contributed by atoms with E-state index in [1.807, 2.05) is 26.8 Å². The van der Waals surface area contributed by atoms with Crippen LogP contribution < -0.4 is 10.3 Å².